The molecule has 1 fully saturated rings. The second-order valence-electron chi connectivity index (χ2n) is 5.41. The van der Waals surface area contributed by atoms with Gasteiger partial charge in [-0.1, -0.05) is 30.3 Å². The first-order valence-electron chi connectivity index (χ1n) is 7.27. The van der Waals surface area contributed by atoms with Gasteiger partial charge < -0.3 is 15.1 Å². The van der Waals surface area contributed by atoms with Gasteiger partial charge in [0.25, 0.3) is 0 Å². The van der Waals surface area contributed by atoms with E-state index in [4.69, 9.17) is 4.42 Å². The number of carbonyl (C=O) groups excluding carboxylic acids is 1. The van der Waals surface area contributed by atoms with Crippen LogP contribution in [0.25, 0.3) is 11.3 Å². The Morgan fingerprint density at radius 3 is 2.78 bits per heavy atom. The maximum absolute atomic E-state index is 11.8. The highest BCUT2D eigenvalue weighted by Crippen LogP contribution is 2.19. The van der Waals surface area contributed by atoms with Crippen molar-refractivity contribution in [2.45, 2.75) is 19.0 Å². The quantitative estimate of drug-likeness (QED) is 0.878. The Bertz CT molecular complexity index is 786. The van der Waals surface area contributed by atoms with Crippen LogP contribution in [-0.4, -0.2) is 37.0 Å². The summed E-state index contributed by atoms with van der Waals surface area (Å²) in [7, 11) is -3.01. The van der Waals surface area contributed by atoms with E-state index < -0.39 is 15.9 Å². The van der Waals surface area contributed by atoms with Crippen molar-refractivity contribution in [2.24, 2.45) is 0 Å². The number of aromatic nitrogens is 1. The Balaban J connectivity index is 1.51. The number of oxazole rings is 1. The van der Waals surface area contributed by atoms with Gasteiger partial charge in [0.2, 0.25) is 5.89 Å². The van der Waals surface area contributed by atoms with Gasteiger partial charge >= 0.3 is 6.03 Å². The van der Waals surface area contributed by atoms with Crippen LogP contribution >= 0.6 is 0 Å². The van der Waals surface area contributed by atoms with Gasteiger partial charge in [0.1, 0.15) is 0 Å². The first-order chi connectivity index (χ1) is 11.0. The van der Waals surface area contributed by atoms with Crippen LogP contribution in [0.15, 0.2) is 40.9 Å². The Morgan fingerprint density at radius 2 is 2.09 bits per heavy atom. The molecule has 2 amide bonds. The van der Waals surface area contributed by atoms with E-state index in [1.54, 1.807) is 6.20 Å². The Kier molecular flexibility index (Phi) is 4.33. The van der Waals surface area contributed by atoms with Crippen LogP contribution in [0.3, 0.4) is 0 Å². The third-order valence-electron chi connectivity index (χ3n) is 3.58. The molecule has 1 aliphatic rings. The maximum Gasteiger partial charge on any atom is 0.315 e. The van der Waals surface area contributed by atoms with Crippen molar-refractivity contribution in [3.63, 3.8) is 0 Å². The first kappa shape index (κ1) is 15.5. The topological polar surface area (TPSA) is 101 Å². The second-order valence-corrected chi connectivity index (χ2v) is 7.64. The van der Waals surface area contributed by atoms with Crippen LogP contribution < -0.4 is 10.6 Å². The largest absolute Gasteiger partial charge is 0.439 e. The molecule has 0 radical (unpaired) electrons. The number of hydrogen-bond donors (Lipinski definition) is 2. The molecule has 2 N–H and O–H groups in total. The molecule has 23 heavy (non-hydrogen) atoms. The van der Waals surface area contributed by atoms with Crippen molar-refractivity contribution in [3.05, 3.63) is 42.4 Å². The first-order valence-corrected chi connectivity index (χ1v) is 9.09. The number of nitrogens with one attached hydrogen (secondary N) is 2. The zero-order valence-corrected chi connectivity index (χ0v) is 13.2. The lowest BCUT2D eigenvalue weighted by atomic mass is 10.2. The number of urea groups is 1. The van der Waals surface area contributed by atoms with Crippen LogP contribution in [0.5, 0.6) is 0 Å². The fourth-order valence-electron chi connectivity index (χ4n) is 2.43. The van der Waals surface area contributed by atoms with Crippen molar-refractivity contribution in [3.8, 4) is 11.3 Å². The van der Waals surface area contributed by atoms with E-state index in [2.05, 4.69) is 15.6 Å². The van der Waals surface area contributed by atoms with E-state index in [1.807, 2.05) is 30.3 Å². The SMILES string of the molecule is O=C(NCc1ncc(-c2ccccc2)o1)N[C@H]1CCS(=O)(=O)C1. The maximum atomic E-state index is 11.8. The lowest BCUT2D eigenvalue weighted by Crippen LogP contribution is -2.42. The van der Waals surface area contributed by atoms with Crippen molar-refractivity contribution in [1.82, 2.24) is 15.6 Å². The van der Waals surface area contributed by atoms with E-state index in [-0.39, 0.29) is 24.1 Å². The number of carbonyl (C=O) groups is 1. The van der Waals surface area contributed by atoms with Crippen LogP contribution in [0, 0.1) is 0 Å². The van der Waals surface area contributed by atoms with Gasteiger partial charge in [0, 0.05) is 11.6 Å². The molecule has 0 aliphatic carbocycles. The third-order valence-corrected chi connectivity index (χ3v) is 5.35. The third kappa shape index (κ3) is 4.10. The van der Waals surface area contributed by atoms with Gasteiger partial charge in [-0.05, 0) is 6.42 Å². The summed E-state index contributed by atoms with van der Waals surface area (Å²) in [4.78, 5) is 15.9. The average Bonchev–Trinajstić information content (AvgIpc) is 3.13. The summed E-state index contributed by atoms with van der Waals surface area (Å²) in [6, 6.07) is 8.78. The Hall–Kier alpha value is -2.35. The van der Waals surface area contributed by atoms with Crippen molar-refractivity contribution in [1.29, 1.82) is 0 Å². The van der Waals surface area contributed by atoms with Crippen molar-refractivity contribution >= 4 is 15.9 Å². The Labute approximate surface area is 134 Å². The number of rotatable bonds is 4. The number of amides is 2. The molecule has 2 aromatic rings. The summed E-state index contributed by atoms with van der Waals surface area (Å²) in [5.41, 5.74) is 0.909. The highest BCUT2D eigenvalue weighted by atomic mass is 32.2. The molecule has 0 bridgehead atoms. The minimum atomic E-state index is -3.01. The number of benzene rings is 1. The fourth-order valence-corrected chi connectivity index (χ4v) is 4.10. The van der Waals surface area contributed by atoms with Crippen molar-refractivity contribution < 1.29 is 17.6 Å². The van der Waals surface area contributed by atoms with E-state index in [9.17, 15) is 13.2 Å². The van der Waals surface area contributed by atoms with Gasteiger partial charge in [-0.25, -0.2) is 18.2 Å². The van der Waals surface area contributed by atoms with E-state index >= 15 is 0 Å². The summed E-state index contributed by atoms with van der Waals surface area (Å²) in [6.45, 7) is 0.137. The molecule has 1 saturated heterocycles. The number of nitrogens with zero attached hydrogens (tertiary/aromatic N) is 1. The van der Waals surface area contributed by atoms with Crippen LogP contribution in [0.1, 0.15) is 12.3 Å². The van der Waals surface area contributed by atoms with Crippen LogP contribution in [-0.2, 0) is 16.4 Å². The fraction of sp³-hybridized carbons (Fsp3) is 0.333. The van der Waals surface area contributed by atoms with Crippen molar-refractivity contribution in [2.75, 3.05) is 11.5 Å². The summed E-state index contributed by atoms with van der Waals surface area (Å²) >= 11 is 0. The molecule has 1 aromatic heterocycles. The normalized spacial score (nSPS) is 19.4. The molecule has 2 heterocycles. The predicted octanol–water partition coefficient (Wildman–Crippen LogP) is 1.33. The number of sulfone groups is 1. The highest BCUT2D eigenvalue weighted by Gasteiger charge is 2.28. The minimum absolute atomic E-state index is 0.00240. The smallest absolute Gasteiger partial charge is 0.315 e. The van der Waals surface area contributed by atoms with Gasteiger partial charge in [-0.15, -0.1) is 0 Å². The molecule has 1 atom stereocenters. The monoisotopic (exact) mass is 335 g/mol. The summed E-state index contributed by atoms with van der Waals surface area (Å²) in [5.74, 6) is 1.14. The lowest BCUT2D eigenvalue weighted by Gasteiger charge is -2.10. The van der Waals surface area contributed by atoms with E-state index in [1.165, 1.54) is 0 Å². The van der Waals surface area contributed by atoms with Crippen LogP contribution in [0.2, 0.25) is 0 Å². The zero-order chi connectivity index (χ0) is 16.3. The molecule has 122 valence electrons. The van der Waals surface area contributed by atoms with Gasteiger partial charge in [-0.2, -0.15) is 0 Å². The second kappa shape index (κ2) is 6.41. The Morgan fingerprint density at radius 1 is 1.30 bits per heavy atom. The van der Waals surface area contributed by atoms with E-state index in [0.29, 0.717) is 18.1 Å². The lowest BCUT2D eigenvalue weighted by molar-refractivity contribution is 0.236. The molecule has 8 heteroatoms. The molecular weight excluding hydrogens is 318 g/mol. The predicted molar refractivity (Wildman–Crippen MR) is 84.4 cm³/mol. The summed E-state index contributed by atoms with van der Waals surface area (Å²) in [5, 5.41) is 5.26. The molecule has 7 nitrogen and oxygen atoms in total. The molecule has 0 saturated carbocycles. The molecule has 0 unspecified atom stereocenters. The summed E-state index contributed by atoms with van der Waals surface area (Å²) in [6.07, 6.45) is 2.06. The van der Waals surface area contributed by atoms with E-state index in [0.717, 1.165) is 5.56 Å². The van der Waals surface area contributed by atoms with Gasteiger partial charge in [-0.3, -0.25) is 0 Å². The number of hydrogen-bond acceptors (Lipinski definition) is 5. The zero-order valence-electron chi connectivity index (χ0n) is 12.4. The molecule has 3 rings (SSSR count). The summed E-state index contributed by atoms with van der Waals surface area (Å²) < 4.78 is 28.3. The standard InChI is InChI=1S/C15H17N3O4S/c19-15(18-12-6-7-23(20,21)10-12)17-9-14-16-8-13(22-14)11-4-2-1-3-5-11/h1-5,8,12H,6-7,9-10H2,(H2,17,18,19)/t12-/m0/s1. The van der Waals surface area contributed by atoms with Crippen LogP contribution in [0.4, 0.5) is 4.79 Å². The molecule has 1 aliphatic heterocycles. The molecular formula is C15H17N3O4S. The van der Waals surface area contributed by atoms with Gasteiger partial charge in [0.15, 0.2) is 15.6 Å². The molecule has 1 aromatic carbocycles. The minimum Gasteiger partial charge on any atom is -0.439 e. The van der Waals surface area contributed by atoms with Gasteiger partial charge in [0.05, 0.1) is 24.2 Å². The molecule has 0 spiro atoms. The highest BCUT2D eigenvalue weighted by molar-refractivity contribution is 7.91. The average molecular weight is 335 g/mol.